The van der Waals surface area contributed by atoms with Crippen molar-refractivity contribution in [1.29, 1.82) is 0 Å². The molecule has 0 aliphatic carbocycles. The molecule has 7 aromatic rings. The summed E-state index contributed by atoms with van der Waals surface area (Å²) in [7, 11) is 1.51. The Kier molecular flexibility index (Phi) is 18.6. The zero-order chi connectivity index (χ0) is 60.0. The molecule has 5 aromatic carbocycles. The fourth-order valence-electron chi connectivity index (χ4n) is 10.5. The van der Waals surface area contributed by atoms with Gasteiger partial charge in [-0.15, -0.1) is 0 Å². The van der Waals surface area contributed by atoms with Gasteiger partial charge in [-0.1, -0.05) is 145 Å². The molecule has 2 bridgehead atoms. The second kappa shape index (κ2) is 25.5. The van der Waals surface area contributed by atoms with E-state index in [4.69, 9.17) is 57.0 Å². The van der Waals surface area contributed by atoms with Crippen LogP contribution in [0.1, 0.15) is 82.0 Å². The summed E-state index contributed by atoms with van der Waals surface area (Å²) in [6.45, 7) is 22.1. The summed E-state index contributed by atoms with van der Waals surface area (Å²) in [4.78, 5) is 32.3. The predicted molar refractivity (Wildman–Crippen MR) is 334 cm³/mol. The number of methoxy groups -OCH3 is 4. The number of hydrogen-bond donors (Lipinski definition) is 1. The van der Waals surface area contributed by atoms with Gasteiger partial charge in [-0.2, -0.15) is 0 Å². The molecular formula is C66H82N6O10Si2. The van der Waals surface area contributed by atoms with Gasteiger partial charge in [0, 0.05) is 49.5 Å². The van der Waals surface area contributed by atoms with Crippen LogP contribution in [0.15, 0.2) is 152 Å². The molecule has 444 valence electrons. The molecule has 4 heterocycles. The molecule has 1 fully saturated rings. The zero-order valence-corrected chi connectivity index (χ0v) is 53.1. The largest absolute Gasteiger partial charge is 0.543 e. The van der Waals surface area contributed by atoms with Gasteiger partial charge in [-0.25, -0.2) is 15.0 Å². The number of amides is 1. The highest BCUT2D eigenvalue weighted by molar-refractivity contribution is 6.75. The van der Waals surface area contributed by atoms with Crippen molar-refractivity contribution in [2.24, 2.45) is 5.92 Å². The van der Waals surface area contributed by atoms with Crippen molar-refractivity contribution < 1.29 is 46.8 Å². The predicted octanol–water partition coefficient (Wildman–Crippen LogP) is 13.8. The number of anilines is 2. The average Bonchev–Trinajstić information content (AvgIpc) is 1.76. The number of ether oxygens (including phenoxy) is 7. The number of carbonyl (C=O) groups excluding carboxylic acids is 1. The first-order valence-electron chi connectivity index (χ1n) is 28.6. The van der Waals surface area contributed by atoms with Crippen molar-refractivity contribution >= 4 is 45.2 Å². The monoisotopic (exact) mass is 1170 g/mol. The van der Waals surface area contributed by atoms with Gasteiger partial charge < -0.3 is 52.2 Å². The van der Waals surface area contributed by atoms with E-state index in [1.807, 2.05) is 47.0 Å². The summed E-state index contributed by atoms with van der Waals surface area (Å²) < 4.78 is 59.5. The fourth-order valence-corrected chi connectivity index (χ4v) is 12.8. The van der Waals surface area contributed by atoms with Crippen LogP contribution in [0.2, 0.25) is 36.3 Å². The molecule has 9 rings (SSSR count). The molecule has 2 aliphatic rings. The minimum Gasteiger partial charge on any atom is -0.543 e. The molecule has 16 nitrogen and oxygen atoms in total. The van der Waals surface area contributed by atoms with Crippen molar-refractivity contribution in [3.63, 3.8) is 0 Å². The third-order valence-corrected chi connectivity index (χ3v) is 25.8. The standard InChI is InChI=1S/C66H82N6O10Si2/c1-64(2,3)83(11,12)81-49-35-34-45(54(38-49)76-9)40-71-52-39-55(78-43-74-7)59(77-10)51(58(52)79-44-75-8)33-25-24-32-50-53(36-37-56(71)73)80-63(60(50)82-84(13,14)65(4,5)6)72-42-69-57-61(67-41-68-62(57)72)70-66(46-26-18-15-19-27-46,47-28-20-16-21-29-47)48-30-22-17-23-31-48/h15-31,34-39,41-42,50,53,60,63H,32-33,40,43-44H2,1-14H3,(H,67,68,70)/b25-24-,37-36+/t50-,53-,60-,63-/m1/s1. The van der Waals surface area contributed by atoms with Crippen LogP contribution in [0, 0.1) is 5.92 Å². The van der Waals surface area contributed by atoms with E-state index >= 15 is 4.79 Å². The molecule has 84 heavy (non-hydrogen) atoms. The minimum absolute atomic E-state index is 0.0403. The lowest BCUT2D eigenvalue weighted by Crippen LogP contribution is -2.47. The molecule has 0 unspecified atom stereocenters. The Morgan fingerprint density at radius 1 is 0.690 bits per heavy atom. The number of hydrogen-bond acceptors (Lipinski definition) is 14. The van der Waals surface area contributed by atoms with Crippen molar-refractivity contribution in [3.8, 4) is 28.7 Å². The van der Waals surface area contributed by atoms with E-state index in [9.17, 15) is 0 Å². The quantitative estimate of drug-likeness (QED) is 0.0332. The van der Waals surface area contributed by atoms with Crippen molar-refractivity contribution in [2.45, 2.75) is 121 Å². The lowest BCUT2D eigenvalue weighted by Gasteiger charge is -2.40. The average molecular weight is 1180 g/mol. The number of allylic oxidation sites excluding steroid dienone is 2. The molecule has 0 radical (unpaired) electrons. The van der Waals surface area contributed by atoms with E-state index in [0.29, 0.717) is 69.8 Å². The number of rotatable bonds is 20. The Morgan fingerprint density at radius 2 is 1.31 bits per heavy atom. The Labute approximate surface area is 497 Å². The van der Waals surface area contributed by atoms with Crippen LogP contribution in [0.3, 0.4) is 0 Å². The van der Waals surface area contributed by atoms with E-state index in [1.54, 1.807) is 58.1 Å². The Balaban J connectivity index is 1.18. The lowest BCUT2D eigenvalue weighted by atomic mass is 9.77. The van der Waals surface area contributed by atoms with Crippen LogP contribution < -0.4 is 33.6 Å². The highest BCUT2D eigenvalue weighted by Gasteiger charge is 2.51. The molecule has 2 aliphatic heterocycles. The summed E-state index contributed by atoms with van der Waals surface area (Å²) >= 11 is 0. The maximum atomic E-state index is 15.6. The van der Waals surface area contributed by atoms with Crippen molar-refractivity contribution in [3.05, 3.63) is 180 Å². The summed E-state index contributed by atoms with van der Waals surface area (Å²) in [6, 6.07) is 38.7. The van der Waals surface area contributed by atoms with Gasteiger partial charge in [0.1, 0.15) is 23.4 Å². The maximum absolute atomic E-state index is 15.6. The molecule has 18 heteroatoms. The number of fused-ring (bicyclic) bond motifs is 4. The van der Waals surface area contributed by atoms with Gasteiger partial charge in [0.25, 0.3) is 5.91 Å². The number of benzene rings is 5. The van der Waals surface area contributed by atoms with E-state index in [1.165, 1.54) is 0 Å². The minimum atomic E-state index is -2.57. The lowest BCUT2D eigenvalue weighted by molar-refractivity contribution is -0.114. The summed E-state index contributed by atoms with van der Waals surface area (Å²) in [6.07, 6.45) is 9.93. The molecule has 4 atom stereocenters. The SMILES string of the molecule is COCOc1cc2c(OCOC)c(c1OC)C/C=C\C[C@H]1[C@@H](O[Si](C)(C)C(C)(C)C)[C@H](n3cnc4c(NC(c5ccccc5)(c5ccccc5)c5ccccc5)ncnc43)O[C@@H]1/C=C/C(=O)N2Cc1ccc(O[Si](C)(C)C(C)(C)C)cc1OC. The molecule has 1 saturated heterocycles. The number of nitrogens with one attached hydrogen (secondary N) is 1. The van der Waals surface area contributed by atoms with Gasteiger partial charge in [-0.05, 0) is 84.0 Å². The third kappa shape index (κ3) is 12.6. The summed E-state index contributed by atoms with van der Waals surface area (Å²) in [5, 5.41) is 3.72. The molecule has 2 aromatic heterocycles. The first-order valence-corrected chi connectivity index (χ1v) is 34.4. The summed E-state index contributed by atoms with van der Waals surface area (Å²) in [5.74, 6) is 2.25. The highest BCUT2D eigenvalue weighted by Crippen LogP contribution is 2.50. The normalized spacial score (nSPS) is 18.7. The molecule has 0 saturated carbocycles. The van der Waals surface area contributed by atoms with Crippen molar-refractivity contribution in [2.75, 3.05) is 52.2 Å². The van der Waals surface area contributed by atoms with Crippen LogP contribution in [0.5, 0.6) is 28.7 Å². The van der Waals surface area contributed by atoms with E-state index in [2.05, 4.69) is 158 Å². The molecule has 1 amide bonds. The first kappa shape index (κ1) is 61.2. The number of imidazole rings is 1. The van der Waals surface area contributed by atoms with Gasteiger partial charge >= 0.3 is 0 Å². The van der Waals surface area contributed by atoms with Crippen LogP contribution in [-0.2, 0) is 41.9 Å². The fraction of sp³-hybridized carbons (Fsp3) is 0.394. The second-order valence-corrected chi connectivity index (χ2v) is 33.9. The molecule has 0 spiro atoms. The Hall–Kier alpha value is -7.33. The van der Waals surface area contributed by atoms with Crippen LogP contribution in [0.4, 0.5) is 11.5 Å². The number of carbonyl (C=O) groups is 1. The molecule has 1 N–H and O–H groups in total. The topological polar surface area (TPSA) is 159 Å². The van der Waals surface area contributed by atoms with Crippen molar-refractivity contribution in [1.82, 2.24) is 19.5 Å². The van der Waals surface area contributed by atoms with Gasteiger partial charge in [0.05, 0.1) is 45.0 Å². The second-order valence-electron chi connectivity index (χ2n) is 24.4. The van der Waals surface area contributed by atoms with Gasteiger partial charge in [0.15, 0.2) is 62.4 Å². The van der Waals surface area contributed by atoms with Crippen LogP contribution in [-0.4, -0.2) is 96.3 Å². The van der Waals surface area contributed by atoms with Gasteiger partial charge in [-0.3, -0.25) is 9.36 Å². The molecular weight excluding hydrogens is 1090 g/mol. The Bertz CT molecular complexity index is 3340. The smallest absolute Gasteiger partial charge is 0.251 e. The number of nitrogens with zero attached hydrogens (tertiary/aromatic N) is 5. The van der Waals surface area contributed by atoms with E-state index in [0.717, 1.165) is 22.3 Å². The zero-order valence-electron chi connectivity index (χ0n) is 51.1. The third-order valence-electron chi connectivity index (χ3n) is 17.0. The maximum Gasteiger partial charge on any atom is 0.251 e. The number of aromatic nitrogens is 4. The Morgan fingerprint density at radius 3 is 1.89 bits per heavy atom. The van der Waals surface area contributed by atoms with E-state index in [-0.39, 0.29) is 42.0 Å². The van der Waals surface area contributed by atoms with E-state index < -0.39 is 40.6 Å². The first-order chi connectivity index (χ1) is 40.2. The van der Waals surface area contributed by atoms with Crippen LogP contribution in [0.25, 0.3) is 11.2 Å². The van der Waals surface area contributed by atoms with Crippen LogP contribution >= 0.6 is 0 Å². The summed E-state index contributed by atoms with van der Waals surface area (Å²) in [5.41, 5.74) is 5.02. The highest BCUT2D eigenvalue weighted by atomic mass is 28.4. The van der Waals surface area contributed by atoms with Gasteiger partial charge in [0.2, 0.25) is 8.32 Å².